The zero-order chi connectivity index (χ0) is 18.9. The van der Waals surface area contributed by atoms with E-state index in [0.717, 1.165) is 11.3 Å². The monoisotopic (exact) mass is 387 g/mol. The first-order valence-corrected chi connectivity index (χ1v) is 8.87. The Morgan fingerprint density at radius 2 is 2.19 bits per heavy atom. The molecule has 0 aliphatic carbocycles. The van der Waals surface area contributed by atoms with Crippen molar-refractivity contribution in [2.45, 2.75) is 38.2 Å². The Bertz CT molecular complexity index is 686. The maximum atomic E-state index is 14.2. The summed E-state index contributed by atoms with van der Waals surface area (Å²) in [4.78, 5) is 30.8. The van der Waals surface area contributed by atoms with Gasteiger partial charge in [-0.1, -0.05) is 18.5 Å². The summed E-state index contributed by atoms with van der Waals surface area (Å²) < 4.78 is 33.5. The van der Waals surface area contributed by atoms with Gasteiger partial charge >= 0.3 is 6.09 Å². The minimum atomic E-state index is -3.08. The van der Waals surface area contributed by atoms with Gasteiger partial charge in [-0.2, -0.15) is 0 Å². The maximum Gasteiger partial charge on any atom is 0.416 e. The van der Waals surface area contributed by atoms with Gasteiger partial charge in [-0.15, -0.1) is 0 Å². The van der Waals surface area contributed by atoms with Gasteiger partial charge in [-0.25, -0.2) is 18.6 Å². The average Bonchev–Trinajstić information content (AvgIpc) is 2.55. The van der Waals surface area contributed by atoms with Crippen LogP contribution in [0.25, 0.3) is 0 Å². The number of pyridine rings is 1. The van der Waals surface area contributed by atoms with Crippen LogP contribution in [-0.4, -0.2) is 58.4 Å². The minimum absolute atomic E-state index is 0.0160. The molecule has 0 N–H and O–H groups in total. The van der Waals surface area contributed by atoms with E-state index < -0.39 is 31.0 Å². The zero-order valence-corrected chi connectivity index (χ0v) is 15.1. The molecule has 3 heterocycles. The van der Waals surface area contributed by atoms with Crippen LogP contribution in [0.5, 0.6) is 5.88 Å². The first kappa shape index (κ1) is 18.8. The van der Waals surface area contributed by atoms with Gasteiger partial charge in [0.05, 0.1) is 17.6 Å². The number of alkyl halides is 2. The van der Waals surface area contributed by atoms with Gasteiger partial charge in [-0.3, -0.25) is 9.69 Å². The number of piperidine rings is 2. The third kappa shape index (κ3) is 4.41. The smallest absolute Gasteiger partial charge is 0.391 e. The van der Waals surface area contributed by atoms with E-state index in [9.17, 15) is 18.4 Å². The summed E-state index contributed by atoms with van der Waals surface area (Å²) in [5.74, 6) is -3.00. The molecule has 2 amide bonds. The Kier molecular flexibility index (Phi) is 5.32. The summed E-state index contributed by atoms with van der Waals surface area (Å²) in [6, 6.07) is 2.15. The van der Waals surface area contributed by atoms with Crippen molar-refractivity contribution >= 4 is 23.6 Å². The molecule has 142 valence electrons. The topological polar surface area (TPSA) is 62.7 Å². The van der Waals surface area contributed by atoms with Crippen LogP contribution in [0.4, 0.5) is 13.6 Å². The third-order valence-corrected chi connectivity index (χ3v) is 4.91. The highest BCUT2D eigenvalue weighted by Gasteiger charge is 2.46. The molecule has 26 heavy (non-hydrogen) atoms. The lowest BCUT2D eigenvalue weighted by atomic mass is 9.94. The van der Waals surface area contributed by atoms with Crippen molar-refractivity contribution in [2.24, 2.45) is 5.92 Å². The van der Waals surface area contributed by atoms with Gasteiger partial charge in [0.25, 0.3) is 5.92 Å². The normalized spacial score (nSPS) is 25.9. The number of hydrogen-bond acceptors (Lipinski definition) is 4. The number of likely N-dealkylation sites (tertiary alicyclic amines) is 2. The van der Waals surface area contributed by atoms with Crippen LogP contribution >= 0.6 is 11.6 Å². The number of halogens is 3. The third-order valence-electron chi connectivity index (χ3n) is 4.68. The molecule has 2 atom stereocenters. The number of carbonyl (C=O) groups excluding carboxylic acids is 2. The van der Waals surface area contributed by atoms with Gasteiger partial charge in [0.15, 0.2) is 0 Å². The SMILES string of the molecule is CC1CCN(C2CN(C(=O)Oc3ccc(Cl)cn3)CC(F)(F)C2)C(=O)C1. The largest absolute Gasteiger partial charge is 0.416 e. The predicted octanol–water partition coefficient (Wildman–Crippen LogP) is 3.20. The van der Waals surface area contributed by atoms with Gasteiger partial charge in [0.1, 0.15) is 0 Å². The summed E-state index contributed by atoms with van der Waals surface area (Å²) in [6.45, 7) is 1.67. The summed E-state index contributed by atoms with van der Waals surface area (Å²) in [5, 5.41) is 0.368. The van der Waals surface area contributed by atoms with E-state index in [2.05, 4.69) is 4.98 Å². The van der Waals surface area contributed by atoms with E-state index in [1.54, 1.807) is 0 Å². The Hall–Kier alpha value is -1.96. The number of aromatic nitrogens is 1. The summed E-state index contributed by atoms with van der Waals surface area (Å²) in [7, 11) is 0. The Morgan fingerprint density at radius 1 is 1.42 bits per heavy atom. The molecular weight excluding hydrogens is 368 g/mol. The highest BCUT2D eigenvalue weighted by atomic mass is 35.5. The number of amides is 2. The molecule has 6 nitrogen and oxygen atoms in total. The van der Waals surface area contributed by atoms with Gasteiger partial charge < -0.3 is 9.64 Å². The molecule has 0 bridgehead atoms. The molecular formula is C17H20ClF2N3O3. The van der Waals surface area contributed by atoms with Crippen molar-refractivity contribution in [1.82, 2.24) is 14.8 Å². The molecule has 0 spiro atoms. The lowest BCUT2D eigenvalue weighted by Gasteiger charge is -2.43. The first-order valence-electron chi connectivity index (χ1n) is 8.49. The molecule has 2 saturated heterocycles. The second-order valence-electron chi connectivity index (χ2n) is 6.96. The maximum absolute atomic E-state index is 14.2. The molecule has 3 rings (SSSR count). The first-order chi connectivity index (χ1) is 12.2. The second kappa shape index (κ2) is 7.34. The standard InChI is InChI=1S/C17H20ClF2N3O3/c1-11-4-5-23(15(24)6-11)13-7-17(19,20)10-22(9-13)16(25)26-14-3-2-12(18)8-21-14/h2-3,8,11,13H,4-7,9-10H2,1H3. The highest BCUT2D eigenvalue weighted by molar-refractivity contribution is 6.30. The number of ether oxygens (including phenoxy) is 1. The van der Waals surface area contributed by atoms with E-state index in [1.165, 1.54) is 23.2 Å². The lowest BCUT2D eigenvalue weighted by Crippen LogP contribution is -2.59. The van der Waals surface area contributed by atoms with Crippen LogP contribution < -0.4 is 4.74 Å². The molecule has 1 aromatic rings. The van der Waals surface area contributed by atoms with Crippen LogP contribution in [0, 0.1) is 5.92 Å². The van der Waals surface area contributed by atoms with E-state index in [0.29, 0.717) is 18.0 Å². The molecule has 2 fully saturated rings. The molecule has 0 radical (unpaired) electrons. The van der Waals surface area contributed by atoms with Gasteiger partial charge in [-0.05, 0) is 18.4 Å². The Balaban J connectivity index is 1.70. The van der Waals surface area contributed by atoms with Crippen molar-refractivity contribution in [3.8, 4) is 5.88 Å². The highest BCUT2D eigenvalue weighted by Crippen LogP contribution is 2.32. The number of nitrogens with zero attached hydrogens (tertiary/aromatic N) is 3. The molecule has 0 saturated carbocycles. The molecule has 2 aliphatic heterocycles. The number of carbonyl (C=O) groups is 2. The van der Waals surface area contributed by atoms with Gasteiger partial charge in [0, 0.05) is 38.2 Å². The summed E-state index contributed by atoms with van der Waals surface area (Å²) in [6.07, 6.45) is 1.05. The molecule has 1 aromatic heterocycles. The molecule has 2 aliphatic rings. The summed E-state index contributed by atoms with van der Waals surface area (Å²) in [5.41, 5.74) is 0. The van der Waals surface area contributed by atoms with Crippen LogP contribution in [0.1, 0.15) is 26.2 Å². The molecule has 2 unspecified atom stereocenters. The Labute approximate surface area is 155 Å². The fraction of sp³-hybridized carbons (Fsp3) is 0.588. The summed E-state index contributed by atoms with van der Waals surface area (Å²) >= 11 is 5.71. The molecule has 9 heteroatoms. The fourth-order valence-electron chi connectivity index (χ4n) is 3.38. The number of hydrogen-bond donors (Lipinski definition) is 0. The fourth-order valence-corrected chi connectivity index (χ4v) is 3.50. The quantitative estimate of drug-likeness (QED) is 0.781. The van der Waals surface area contributed by atoms with Crippen molar-refractivity contribution in [2.75, 3.05) is 19.6 Å². The Morgan fingerprint density at radius 3 is 2.85 bits per heavy atom. The van der Waals surface area contributed by atoms with E-state index in [1.807, 2.05) is 6.92 Å². The second-order valence-corrected chi connectivity index (χ2v) is 7.40. The van der Waals surface area contributed by atoms with E-state index in [4.69, 9.17) is 16.3 Å². The van der Waals surface area contributed by atoms with Crippen LogP contribution in [0.15, 0.2) is 18.3 Å². The van der Waals surface area contributed by atoms with Crippen LogP contribution in [0.3, 0.4) is 0 Å². The van der Waals surface area contributed by atoms with E-state index >= 15 is 0 Å². The van der Waals surface area contributed by atoms with Crippen molar-refractivity contribution in [3.63, 3.8) is 0 Å². The predicted molar refractivity (Wildman–Crippen MR) is 90.3 cm³/mol. The lowest BCUT2D eigenvalue weighted by molar-refractivity contribution is -0.144. The zero-order valence-electron chi connectivity index (χ0n) is 14.3. The minimum Gasteiger partial charge on any atom is -0.391 e. The van der Waals surface area contributed by atoms with E-state index in [-0.39, 0.29) is 24.2 Å². The van der Waals surface area contributed by atoms with Gasteiger partial charge in [0.2, 0.25) is 11.8 Å². The van der Waals surface area contributed by atoms with Crippen LogP contribution in [-0.2, 0) is 4.79 Å². The van der Waals surface area contributed by atoms with Crippen molar-refractivity contribution < 1.29 is 23.1 Å². The van der Waals surface area contributed by atoms with Crippen molar-refractivity contribution in [1.29, 1.82) is 0 Å². The van der Waals surface area contributed by atoms with Crippen LogP contribution in [0.2, 0.25) is 5.02 Å². The van der Waals surface area contributed by atoms with Crippen molar-refractivity contribution in [3.05, 3.63) is 23.4 Å². The number of rotatable bonds is 2. The molecule has 0 aromatic carbocycles. The average molecular weight is 388 g/mol.